The van der Waals surface area contributed by atoms with Crippen molar-refractivity contribution >= 4 is 11.7 Å². The van der Waals surface area contributed by atoms with E-state index in [1.807, 2.05) is 35.2 Å². The summed E-state index contributed by atoms with van der Waals surface area (Å²) < 4.78 is 10.2. The largest absolute Gasteiger partial charge is 0.497 e. The van der Waals surface area contributed by atoms with Gasteiger partial charge in [-0.15, -0.1) is 0 Å². The highest BCUT2D eigenvalue weighted by Crippen LogP contribution is 2.20. The number of ether oxygens (including phenoxy) is 1. The van der Waals surface area contributed by atoms with E-state index in [9.17, 15) is 4.79 Å². The standard InChI is InChI=1S/C20H21N5O3/c1-14-22-19(23-28-14)16-6-7-18(21-13-16)24-8-10-25(11-9-24)20(26)15-4-3-5-17(12-15)27-2/h3-7,12-13H,8-11H2,1-2H3. The van der Waals surface area contributed by atoms with Crippen LogP contribution in [0.3, 0.4) is 0 Å². The van der Waals surface area contributed by atoms with E-state index >= 15 is 0 Å². The number of aryl methyl sites for hydroxylation is 1. The highest BCUT2D eigenvalue weighted by Gasteiger charge is 2.23. The van der Waals surface area contributed by atoms with Crippen molar-refractivity contribution in [2.24, 2.45) is 0 Å². The van der Waals surface area contributed by atoms with Gasteiger partial charge in [0.1, 0.15) is 11.6 Å². The number of carbonyl (C=O) groups excluding carboxylic acids is 1. The van der Waals surface area contributed by atoms with Crippen LogP contribution in [0.25, 0.3) is 11.4 Å². The second-order valence-electron chi connectivity index (χ2n) is 6.55. The first kappa shape index (κ1) is 18.0. The van der Waals surface area contributed by atoms with Crippen molar-refractivity contribution < 1.29 is 14.1 Å². The molecule has 144 valence electrons. The number of rotatable bonds is 4. The molecular weight excluding hydrogens is 358 g/mol. The van der Waals surface area contributed by atoms with Gasteiger partial charge in [-0.05, 0) is 30.3 Å². The molecule has 0 bridgehead atoms. The molecule has 0 radical (unpaired) electrons. The fourth-order valence-electron chi connectivity index (χ4n) is 3.20. The summed E-state index contributed by atoms with van der Waals surface area (Å²) in [5, 5.41) is 3.91. The van der Waals surface area contributed by atoms with E-state index in [0.717, 1.165) is 24.5 Å². The van der Waals surface area contributed by atoms with Crippen LogP contribution in [0.4, 0.5) is 5.82 Å². The molecule has 28 heavy (non-hydrogen) atoms. The van der Waals surface area contributed by atoms with Crippen molar-refractivity contribution in [1.29, 1.82) is 0 Å². The molecule has 0 unspecified atom stereocenters. The van der Waals surface area contributed by atoms with Gasteiger partial charge in [-0.3, -0.25) is 4.79 Å². The monoisotopic (exact) mass is 379 g/mol. The van der Waals surface area contributed by atoms with Crippen LogP contribution in [-0.4, -0.2) is 59.2 Å². The number of aromatic nitrogens is 3. The Hall–Kier alpha value is -3.42. The molecule has 4 rings (SSSR count). The van der Waals surface area contributed by atoms with Gasteiger partial charge in [-0.1, -0.05) is 11.2 Å². The lowest BCUT2D eigenvalue weighted by Gasteiger charge is -2.35. The number of hydrogen-bond acceptors (Lipinski definition) is 7. The molecule has 3 heterocycles. The normalized spacial score (nSPS) is 14.2. The van der Waals surface area contributed by atoms with Gasteiger partial charge < -0.3 is 19.1 Å². The molecule has 0 atom stereocenters. The van der Waals surface area contributed by atoms with Crippen LogP contribution in [0.2, 0.25) is 0 Å². The molecule has 3 aromatic rings. The number of amides is 1. The third-order valence-electron chi connectivity index (χ3n) is 4.74. The van der Waals surface area contributed by atoms with E-state index in [1.54, 1.807) is 26.3 Å². The lowest BCUT2D eigenvalue weighted by molar-refractivity contribution is 0.0746. The lowest BCUT2D eigenvalue weighted by atomic mass is 10.1. The zero-order chi connectivity index (χ0) is 19.5. The SMILES string of the molecule is COc1cccc(C(=O)N2CCN(c3ccc(-c4noc(C)n4)cn3)CC2)c1. The number of nitrogens with zero attached hydrogens (tertiary/aromatic N) is 5. The van der Waals surface area contributed by atoms with E-state index in [0.29, 0.717) is 36.1 Å². The summed E-state index contributed by atoms with van der Waals surface area (Å²) in [4.78, 5) is 25.5. The fraction of sp³-hybridized carbons (Fsp3) is 0.300. The summed E-state index contributed by atoms with van der Waals surface area (Å²) in [7, 11) is 1.60. The molecule has 1 aliphatic rings. The minimum absolute atomic E-state index is 0.0225. The number of hydrogen-bond donors (Lipinski definition) is 0. The second kappa shape index (κ2) is 7.67. The van der Waals surface area contributed by atoms with Gasteiger partial charge >= 0.3 is 0 Å². The Labute approximate surface area is 162 Å². The first-order chi connectivity index (χ1) is 13.6. The van der Waals surface area contributed by atoms with Crippen LogP contribution in [0.1, 0.15) is 16.2 Å². The van der Waals surface area contributed by atoms with Crippen molar-refractivity contribution in [3.63, 3.8) is 0 Å². The summed E-state index contributed by atoms with van der Waals surface area (Å²) in [6.45, 7) is 4.49. The molecule has 1 aliphatic heterocycles. The van der Waals surface area contributed by atoms with Crippen molar-refractivity contribution in [2.45, 2.75) is 6.92 Å². The van der Waals surface area contributed by atoms with Gasteiger partial charge in [-0.2, -0.15) is 4.98 Å². The Morgan fingerprint density at radius 2 is 1.96 bits per heavy atom. The summed E-state index contributed by atoms with van der Waals surface area (Å²) in [5.41, 5.74) is 1.46. The predicted octanol–water partition coefficient (Wildman–Crippen LogP) is 2.41. The first-order valence-corrected chi connectivity index (χ1v) is 9.09. The van der Waals surface area contributed by atoms with E-state index in [4.69, 9.17) is 9.26 Å². The van der Waals surface area contributed by atoms with Crippen LogP contribution in [0.15, 0.2) is 47.1 Å². The van der Waals surface area contributed by atoms with Crippen molar-refractivity contribution in [3.05, 3.63) is 54.0 Å². The van der Waals surface area contributed by atoms with Crippen molar-refractivity contribution in [2.75, 3.05) is 38.2 Å². The average molecular weight is 379 g/mol. The summed E-state index contributed by atoms with van der Waals surface area (Å²) in [6.07, 6.45) is 1.74. The molecule has 0 spiro atoms. The Morgan fingerprint density at radius 3 is 2.61 bits per heavy atom. The van der Waals surface area contributed by atoms with Gasteiger partial charge in [0.15, 0.2) is 0 Å². The predicted molar refractivity (Wildman–Crippen MR) is 103 cm³/mol. The molecule has 1 fully saturated rings. The smallest absolute Gasteiger partial charge is 0.254 e. The second-order valence-corrected chi connectivity index (χ2v) is 6.55. The highest BCUT2D eigenvalue weighted by atomic mass is 16.5. The third-order valence-corrected chi connectivity index (χ3v) is 4.74. The van der Waals surface area contributed by atoms with Crippen LogP contribution >= 0.6 is 0 Å². The maximum atomic E-state index is 12.7. The summed E-state index contributed by atoms with van der Waals surface area (Å²) >= 11 is 0. The third kappa shape index (κ3) is 3.66. The molecule has 0 N–H and O–H groups in total. The van der Waals surface area contributed by atoms with Gasteiger partial charge in [-0.25, -0.2) is 4.98 Å². The minimum Gasteiger partial charge on any atom is -0.497 e. The van der Waals surface area contributed by atoms with E-state index in [1.165, 1.54) is 0 Å². The molecule has 2 aromatic heterocycles. The minimum atomic E-state index is 0.0225. The molecule has 0 saturated carbocycles. The maximum Gasteiger partial charge on any atom is 0.254 e. The van der Waals surface area contributed by atoms with Crippen LogP contribution in [0.5, 0.6) is 5.75 Å². The summed E-state index contributed by atoms with van der Waals surface area (Å²) in [6, 6.07) is 11.1. The lowest BCUT2D eigenvalue weighted by Crippen LogP contribution is -2.49. The van der Waals surface area contributed by atoms with E-state index in [-0.39, 0.29) is 5.91 Å². The molecule has 1 saturated heterocycles. The molecule has 8 nitrogen and oxygen atoms in total. The number of benzene rings is 1. The zero-order valence-electron chi connectivity index (χ0n) is 15.8. The van der Waals surface area contributed by atoms with Crippen molar-refractivity contribution in [1.82, 2.24) is 20.0 Å². The maximum absolute atomic E-state index is 12.7. The number of carbonyl (C=O) groups is 1. The molecule has 1 amide bonds. The topological polar surface area (TPSA) is 84.6 Å². The average Bonchev–Trinajstić information content (AvgIpc) is 3.20. The molecule has 0 aliphatic carbocycles. The Kier molecular flexibility index (Phi) is 4.92. The summed E-state index contributed by atoms with van der Waals surface area (Å²) in [5.74, 6) is 2.64. The zero-order valence-corrected chi connectivity index (χ0v) is 15.8. The Bertz CT molecular complexity index is 962. The van der Waals surface area contributed by atoms with Crippen LogP contribution in [-0.2, 0) is 0 Å². The first-order valence-electron chi connectivity index (χ1n) is 9.09. The van der Waals surface area contributed by atoms with Gasteiger partial charge in [0, 0.05) is 50.4 Å². The Morgan fingerprint density at radius 1 is 1.14 bits per heavy atom. The van der Waals surface area contributed by atoms with Crippen LogP contribution in [0, 0.1) is 6.92 Å². The van der Waals surface area contributed by atoms with E-state index < -0.39 is 0 Å². The molecular formula is C20H21N5O3. The number of piperazine rings is 1. The number of pyridine rings is 1. The number of methoxy groups -OCH3 is 1. The quantitative estimate of drug-likeness (QED) is 0.688. The van der Waals surface area contributed by atoms with Gasteiger partial charge in [0.25, 0.3) is 5.91 Å². The van der Waals surface area contributed by atoms with Gasteiger partial charge in [0.2, 0.25) is 11.7 Å². The number of anilines is 1. The van der Waals surface area contributed by atoms with E-state index in [2.05, 4.69) is 20.0 Å². The molecule has 1 aromatic carbocycles. The van der Waals surface area contributed by atoms with Crippen molar-refractivity contribution in [3.8, 4) is 17.1 Å². The molecule has 8 heteroatoms. The Balaban J connectivity index is 1.39. The van der Waals surface area contributed by atoms with Gasteiger partial charge in [0.05, 0.1) is 7.11 Å². The van der Waals surface area contributed by atoms with Crippen LogP contribution < -0.4 is 9.64 Å². The fourth-order valence-corrected chi connectivity index (χ4v) is 3.20. The highest BCUT2D eigenvalue weighted by molar-refractivity contribution is 5.94.